The molecule has 0 unspecified atom stereocenters. The molecule has 0 amide bonds. The fourth-order valence-electron chi connectivity index (χ4n) is 2.85. The summed E-state index contributed by atoms with van der Waals surface area (Å²) < 4.78 is 10.4. The molecule has 0 aliphatic heterocycles. The molecule has 3 aromatic rings. The van der Waals surface area contributed by atoms with Gasteiger partial charge in [-0.3, -0.25) is 0 Å². The second-order valence-corrected chi connectivity index (χ2v) is 5.28. The minimum Gasteiger partial charge on any atom is -0.431 e. The van der Waals surface area contributed by atoms with Crippen LogP contribution in [-0.2, 0) is 15.1 Å². The van der Waals surface area contributed by atoms with E-state index >= 15 is 0 Å². The molecule has 24 heavy (non-hydrogen) atoms. The summed E-state index contributed by atoms with van der Waals surface area (Å²) in [6.45, 7) is 0. The molecule has 0 aromatic heterocycles. The van der Waals surface area contributed by atoms with E-state index in [1.165, 1.54) is 0 Å². The molecule has 0 saturated heterocycles. The van der Waals surface area contributed by atoms with Gasteiger partial charge >= 0.3 is 6.16 Å². The average molecular weight is 317 g/mol. The lowest BCUT2D eigenvalue weighted by molar-refractivity contribution is 0.0203. The monoisotopic (exact) mass is 317 g/mol. The Bertz CT molecular complexity index is 686. The number of carbonyl (C=O) groups is 1. The highest BCUT2D eigenvalue weighted by Crippen LogP contribution is 2.40. The van der Waals surface area contributed by atoms with Gasteiger partial charge in [0.2, 0.25) is 0 Å². The minimum atomic E-state index is -1.11. The highest BCUT2D eigenvalue weighted by atomic mass is 16.7. The summed E-state index contributed by atoms with van der Waals surface area (Å²) in [7, 11) is 3.18. The Labute approximate surface area is 141 Å². The molecule has 0 heterocycles. The predicted molar refractivity (Wildman–Crippen MR) is 92.1 cm³/mol. The first-order chi connectivity index (χ1) is 11.8. The molecule has 0 aliphatic carbocycles. The van der Waals surface area contributed by atoms with Crippen molar-refractivity contribution in [2.24, 2.45) is 0 Å². The van der Waals surface area contributed by atoms with Crippen LogP contribution in [0.4, 0.5) is 4.79 Å². The Balaban J connectivity index is 2.30. The van der Waals surface area contributed by atoms with E-state index in [-0.39, 0.29) is 0 Å². The van der Waals surface area contributed by atoms with Gasteiger partial charge in [-0.2, -0.15) is 0 Å². The Hall–Kier alpha value is -3.07. The maximum Gasteiger partial charge on any atom is 0.509 e. The Morgan fingerprint density at radius 2 is 1.00 bits per heavy atom. The third kappa shape index (κ3) is 2.88. The molecule has 0 bridgehead atoms. The largest absolute Gasteiger partial charge is 0.509 e. The lowest BCUT2D eigenvalue weighted by atomic mass is 9.80. The molecular weight excluding hydrogens is 300 g/mol. The van der Waals surface area contributed by atoms with E-state index in [0.717, 1.165) is 16.7 Å². The van der Waals surface area contributed by atoms with Crippen molar-refractivity contribution in [2.45, 2.75) is 5.60 Å². The quantitative estimate of drug-likeness (QED) is 0.506. The van der Waals surface area contributed by atoms with Crippen LogP contribution in [0.5, 0.6) is 0 Å². The van der Waals surface area contributed by atoms with Crippen molar-refractivity contribution in [1.29, 1.82) is 0 Å². The molecule has 0 aliphatic rings. The van der Waals surface area contributed by atoms with Crippen LogP contribution in [0.3, 0.4) is 0 Å². The van der Waals surface area contributed by atoms with Gasteiger partial charge in [-0.1, -0.05) is 91.0 Å². The van der Waals surface area contributed by atoms with Gasteiger partial charge in [0.15, 0.2) is 5.60 Å². The summed E-state index contributed by atoms with van der Waals surface area (Å²) >= 11 is 0. The fourth-order valence-corrected chi connectivity index (χ4v) is 2.85. The standard InChI is InChI=1S/C21H17O3/c1-23-20(22)24-21(17-11-5-2-6-12-17,18-13-7-3-8-14-18)19-15-9-4-10-16-19/h2-16H,1H2. The van der Waals surface area contributed by atoms with Crippen molar-refractivity contribution < 1.29 is 14.3 Å². The highest BCUT2D eigenvalue weighted by Gasteiger charge is 2.40. The van der Waals surface area contributed by atoms with Gasteiger partial charge in [-0.05, 0) is 0 Å². The van der Waals surface area contributed by atoms with Gasteiger partial charge in [0.05, 0.1) is 0 Å². The predicted octanol–water partition coefficient (Wildman–Crippen LogP) is 4.92. The van der Waals surface area contributed by atoms with Gasteiger partial charge < -0.3 is 9.47 Å². The van der Waals surface area contributed by atoms with Crippen LogP contribution in [0.1, 0.15) is 16.7 Å². The Morgan fingerprint density at radius 1 is 0.667 bits per heavy atom. The van der Waals surface area contributed by atoms with E-state index in [0.29, 0.717) is 0 Å². The van der Waals surface area contributed by atoms with E-state index in [9.17, 15) is 4.79 Å². The van der Waals surface area contributed by atoms with Crippen LogP contribution in [-0.4, -0.2) is 6.16 Å². The van der Waals surface area contributed by atoms with Crippen LogP contribution in [0.25, 0.3) is 0 Å². The molecule has 0 N–H and O–H groups in total. The summed E-state index contributed by atoms with van der Waals surface area (Å²) in [6, 6.07) is 28.8. The second-order valence-electron chi connectivity index (χ2n) is 5.28. The zero-order chi connectivity index (χ0) is 16.8. The summed E-state index contributed by atoms with van der Waals surface area (Å²) in [5.74, 6) is 0. The summed E-state index contributed by atoms with van der Waals surface area (Å²) in [6.07, 6.45) is -0.841. The number of carbonyl (C=O) groups excluding carboxylic acids is 1. The fraction of sp³-hybridized carbons (Fsp3) is 0.0476. The van der Waals surface area contributed by atoms with Crippen LogP contribution in [0.2, 0.25) is 0 Å². The van der Waals surface area contributed by atoms with E-state index < -0.39 is 11.8 Å². The highest BCUT2D eigenvalue weighted by molar-refractivity contribution is 5.64. The Kier molecular flexibility index (Phi) is 4.62. The SMILES string of the molecule is [CH2]OC(=O)OC(c1ccccc1)(c1ccccc1)c1ccccc1. The van der Waals surface area contributed by atoms with E-state index in [1.807, 2.05) is 91.0 Å². The number of ether oxygens (including phenoxy) is 2. The number of benzene rings is 3. The molecule has 0 fully saturated rings. The first kappa shape index (κ1) is 15.8. The zero-order valence-corrected chi connectivity index (χ0v) is 13.1. The second kappa shape index (κ2) is 7.01. The molecule has 3 heteroatoms. The van der Waals surface area contributed by atoms with Crippen molar-refractivity contribution in [3.8, 4) is 0 Å². The molecule has 1 radical (unpaired) electrons. The number of hydrogen-bond donors (Lipinski definition) is 0. The molecule has 0 atom stereocenters. The van der Waals surface area contributed by atoms with E-state index in [2.05, 4.69) is 11.8 Å². The number of hydrogen-bond acceptors (Lipinski definition) is 3. The minimum absolute atomic E-state index is 0.827. The topological polar surface area (TPSA) is 35.5 Å². The van der Waals surface area contributed by atoms with Gasteiger partial charge in [-0.25, -0.2) is 4.79 Å². The van der Waals surface area contributed by atoms with Gasteiger partial charge in [0, 0.05) is 16.7 Å². The van der Waals surface area contributed by atoms with E-state index in [4.69, 9.17) is 4.74 Å². The first-order valence-electron chi connectivity index (χ1n) is 7.59. The van der Waals surface area contributed by atoms with E-state index in [1.54, 1.807) is 0 Å². The molecule has 3 nitrogen and oxygen atoms in total. The lowest BCUT2D eigenvalue weighted by Gasteiger charge is -2.34. The third-order valence-electron chi connectivity index (χ3n) is 3.90. The molecule has 3 aromatic carbocycles. The van der Waals surface area contributed by atoms with Crippen molar-refractivity contribution in [1.82, 2.24) is 0 Å². The maximum absolute atomic E-state index is 12.0. The van der Waals surface area contributed by atoms with Crippen molar-refractivity contribution >= 4 is 6.16 Å². The van der Waals surface area contributed by atoms with Gasteiger partial charge in [0.25, 0.3) is 0 Å². The van der Waals surface area contributed by atoms with Gasteiger partial charge in [0.1, 0.15) is 7.11 Å². The Morgan fingerprint density at radius 3 is 1.29 bits per heavy atom. The summed E-state index contributed by atoms with van der Waals surface area (Å²) in [5.41, 5.74) is 1.37. The number of rotatable bonds is 4. The molecule has 119 valence electrons. The summed E-state index contributed by atoms with van der Waals surface area (Å²) in [4.78, 5) is 12.0. The molecule has 0 spiro atoms. The third-order valence-corrected chi connectivity index (χ3v) is 3.90. The first-order valence-corrected chi connectivity index (χ1v) is 7.59. The van der Waals surface area contributed by atoms with Crippen LogP contribution < -0.4 is 0 Å². The molecular formula is C21H17O3. The molecule has 3 rings (SSSR count). The van der Waals surface area contributed by atoms with Crippen molar-refractivity contribution in [2.75, 3.05) is 0 Å². The maximum atomic E-state index is 12.0. The lowest BCUT2D eigenvalue weighted by Crippen LogP contribution is -2.35. The van der Waals surface area contributed by atoms with Crippen LogP contribution >= 0.6 is 0 Å². The van der Waals surface area contributed by atoms with Crippen molar-refractivity contribution in [3.05, 3.63) is 115 Å². The zero-order valence-electron chi connectivity index (χ0n) is 13.1. The van der Waals surface area contributed by atoms with Crippen LogP contribution in [0.15, 0.2) is 91.0 Å². The summed E-state index contributed by atoms with van der Waals surface area (Å²) in [5, 5.41) is 0. The molecule has 0 saturated carbocycles. The van der Waals surface area contributed by atoms with Crippen LogP contribution in [0, 0.1) is 7.11 Å². The van der Waals surface area contributed by atoms with Gasteiger partial charge in [-0.15, -0.1) is 0 Å². The normalized spacial score (nSPS) is 10.9. The smallest absolute Gasteiger partial charge is 0.431 e. The van der Waals surface area contributed by atoms with Crippen molar-refractivity contribution in [3.63, 3.8) is 0 Å². The average Bonchev–Trinajstić information content (AvgIpc) is 2.68.